The quantitative estimate of drug-likeness (QED) is 0.716. The van der Waals surface area contributed by atoms with E-state index in [0.717, 1.165) is 18.4 Å². The SMILES string of the molecule is CC(CC(O)c1ccco1)NC(=O)NC(c1ccc(F)cc1)C1CC1. The first kappa shape index (κ1) is 17.5. The van der Waals surface area contributed by atoms with Crippen molar-refractivity contribution in [3.8, 4) is 0 Å². The molecule has 1 aromatic heterocycles. The number of nitrogens with one attached hydrogen (secondary N) is 2. The van der Waals surface area contributed by atoms with Crippen LogP contribution in [0.5, 0.6) is 0 Å². The molecule has 1 saturated carbocycles. The van der Waals surface area contributed by atoms with E-state index in [1.165, 1.54) is 18.4 Å². The number of hydrogen-bond acceptors (Lipinski definition) is 3. The van der Waals surface area contributed by atoms with Gasteiger partial charge in [0.2, 0.25) is 0 Å². The van der Waals surface area contributed by atoms with Gasteiger partial charge < -0.3 is 20.2 Å². The third-order valence-corrected chi connectivity index (χ3v) is 4.44. The summed E-state index contributed by atoms with van der Waals surface area (Å²) in [6.45, 7) is 1.83. The number of benzene rings is 1. The molecule has 1 fully saturated rings. The molecule has 1 heterocycles. The van der Waals surface area contributed by atoms with Crippen LogP contribution in [0, 0.1) is 11.7 Å². The van der Waals surface area contributed by atoms with Crippen LogP contribution in [-0.2, 0) is 0 Å². The zero-order valence-electron chi connectivity index (χ0n) is 14.1. The molecule has 0 aliphatic heterocycles. The molecular weight excluding hydrogens is 323 g/mol. The van der Waals surface area contributed by atoms with Crippen LogP contribution in [0.25, 0.3) is 0 Å². The number of carbonyl (C=O) groups is 1. The predicted octanol–water partition coefficient (Wildman–Crippen LogP) is 3.68. The van der Waals surface area contributed by atoms with Gasteiger partial charge in [0.05, 0.1) is 12.3 Å². The molecule has 134 valence electrons. The number of aliphatic hydroxyl groups is 1. The Labute approximate surface area is 146 Å². The fraction of sp³-hybridized carbons (Fsp3) is 0.421. The maximum absolute atomic E-state index is 13.1. The van der Waals surface area contributed by atoms with Crippen molar-refractivity contribution in [3.63, 3.8) is 0 Å². The molecule has 0 radical (unpaired) electrons. The molecule has 1 aromatic carbocycles. The minimum atomic E-state index is -0.762. The summed E-state index contributed by atoms with van der Waals surface area (Å²) >= 11 is 0. The molecule has 0 spiro atoms. The van der Waals surface area contributed by atoms with Gasteiger partial charge in [-0.3, -0.25) is 0 Å². The zero-order chi connectivity index (χ0) is 17.8. The van der Waals surface area contributed by atoms with Gasteiger partial charge in [-0.15, -0.1) is 0 Å². The van der Waals surface area contributed by atoms with Crippen molar-refractivity contribution >= 4 is 6.03 Å². The Hall–Kier alpha value is -2.34. The first-order chi connectivity index (χ1) is 12.0. The fourth-order valence-electron chi connectivity index (χ4n) is 2.97. The van der Waals surface area contributed by atoms with Gasteiger partial charge in [0.25, 0.3) is 0 Å². The van der Waals surface area contributed by atoms with Crippen molar-refractivity contribution < 1.29 is 18.7 Å². The van der Waals surface area contributed by atoms with Crippen molar-refractivity contribution in [2.75, 3.05) is 0 Å². The Kier molecular flexibility index (Phi) is 5.38. The van der Waals surface area contributed by atoms with Crippen LogP contribution in [0.2, 0.25) is 0 Å². The van der Waals surface area contributed by atoms with E-state index in [2.05, 4.69) is 10.6 Å². The third kappa shape index (κ3) is 4.82. The second kappa shape index (κ2) is 7.70. The van der Waals surface area contributed by atoms with Gasteiger partial charge in [0, 0.05) is 12.5 Å². The lowest BCUT2D eigenvalue weighted by Gasteiger charge is -2.22. The average Bonchev–Trinajstić information content (AvgIpc) is 3.26. The lowest BCUT2D eigenvalue weighted by molar-refractivity contribution is 0.129. The predicted molar refractivity (Wildman–Crippen MR) is 91.3 cm³/mol. The number of hydrogen-bond donors (Lipinski definition) is 3. The van der Waals surface area contributed by atoms with Crippen molar-refractivity contribution in [2.45, 2.75) is 44.4 Å². The molecule has 3 unspecified atom stereocenters. The van der Waals surface area contributed by atoms with Gasteiger partial charge in [0.15, 0.2) is 0 Å². The maximum Gasteiger partial charge on any atom is 0.315 e. The summed E-state index contributed by atoms with van der Waals surface area (Å²) in [5.74, 6) is 0.583. The van der Waals surface area contributed by atoms with E-state index in [-0.39, 0.29) is 23.9 Å². The second-order valence-corrected chi connectivity index (χ2v) is 6.65. The lowest BCUT2D eigenvalue weighted by atomic mass is 10.0. The van der Waals surface area contributed by atoms with E-state index < -0.39 is 6.10 Å². The van der Waals surface area contributed by atoms with Crippen LogP contribution in [-0.4, -0.2) is 17.2 Å². The van der Waals surface area contributed by atoms with Crippen LogP contribution in [0.15, 0.2) is 47.1 Å². The molecule has 2 aromatic rings. The molecule has 6 heteroatoms. The number of carbonyl (C=O) groups excluding carboxylic acids is 1. The zero-order valence-corrected chi connectivity index (χ0v) is 14.1. The highest BCUT2D eigenvalue weighted by Gasteiger charge is 2.33. The van der Waals surface area contributed by atoms with Gasteiger partial charge in [-0.2, -0.15) is 0 Å². The van der Waals surface area contributed by atoms with E-state index in [4.69, 9.17) is 4.42 Å². The summed E-state index contributed by atoms with van der Waals surface area (Å²) < 4.78 is 18.3. The number of halogens is 1. The largest absolute Gasteiger partial charge is 0.467 e. The summed E-state index contributed by atoms with van der Waals surface area (Å²) in [6, 6.07) is 9.02. The number of urea groups is 1. The number of aliphatic hydroxyl groups excluding tert-OH is 1. The summed E-state index contributed by atoms with van der Waals surface area (Å²) in [6.07, 6.45) is 3.20. The summed E-state index contributed by atoms with van der Waals surface area (Å²) in [4.78, 5) is 12.3. The van der Waals surface area contributed by atoms with Gasteiger partial charge >= 0.3 is 6.03 Å². The number of amides is 2. The van der Waals surface area contributed by atoms with E-state index in [0.29, 0.717) is 18.1 Å². The van der Waals surface area contributed by atoms with E-state index in [1.807, 2.05) is 6.92 Å². The summed E-state index contributed by atoms with van der Waals surface area (Å²) in [5.41, 5.74) is 0.905. The molecule has 3 atom stereocenters. The summed E-state index contributed by atoms with van der Waals surface area (Å²) in [7, 11) is 0. The van der Waals surface area contributed by atoms with Gasteiger partial charge in [-0.1, -0.05) is 12.1 Å². The Morgan fingerprint density at radius 2 is 2.00 bits per heavy atom. The van der Waals surface area contributed by atoms with Crippen LogP contribution in [0.3, 0.4) is 0 Å². The molecule has 1 aliphatic rings. The van der Waals surface area contributed by atoms with E-state index in [9.17, 15) is 14.3 Å². The van der Waals surface area contributed by atoms with Crippen LogP contribution in [0.4, 0.5) is 9.18 Å². The highest BCUT2D eigenvalue weighted by Crippen LogP contribution is 2.41. The van der Waals surface area contributed by atoms with E-state index in [1.54, 1.807) is 24.3 Å². The van der Waals surface area contributed by atoms with Gasteiger partial charge in [0.1, 0.15) is 17.7 Å². The van der Waals surface area contributed by atoms with Crippen molar-refractivity contribution in [2.24, 2.45) is 5.92 Å². The van der Waals surface area contributed by atoms with Crippen molar-refractivity contribution in [1.29, 1.82) is 0 Å². The first-order valence-corrected chi connectivity index (χ1v) is 8.57. The molecule has 1 aliphatic carbocycles. The molecular formula is C19H23FN2O3. The molecule has 3 rings (SSSR count). The lowest BCUT2D eigenvalue weighted by Crippen LogP contribution is -2.43. The van der Waals surface area contributed by atoms with Crippen molar-refractivity contribution in [1.82, 2.24) is 10.6 Å². The normalized spacial score (nSPS) is 17.6. The molecule has 3 N–H and O–H groups in total. The molecule has 2 amide bonds. The average molecular weight is 346 g/mol. The van der Waals surface area contributed by atoms with E-state index >= 15 is 0 Å². The highest BCUT2D eigenvalue weighted by molar-refractivity contribution is 5.74. The number of rotatable bonds is 7. The maximum atomic E-state index is 13.1. The minimum absolute atomic E-state index is 0.122. The highest BCUT2D eigenvalue weighted by atomic mass is 19.1. The van der Waals surface area contributed by atoms with Crippen LogP contribution < -0.4 is 10.6 Å². The third-order valence-electron chi connectivity index (χ3n) is 4.44. The van der Waals surface area contributed by atoms with Gasteiger partial charge in [-0.25, -0.2) is 9.18 Å². The molecule has 5 nitrogen and oxygen atoms in total. The molecule has 0 saturated heterocycles. The Bertz CT molecular complexity index is 683. The fourth-order valence-corrected chi connectivity index (χ4v) is 2.97. The monoisotopic (exact) mass is 346 g/mol. The standard InChI is InChI=1S/C19H23FN2O3/c1-12(11-16(23)17-3-2-10-25-17)21-19(24)22-18(13-4-5-13)14-6-8-15(20)9-7-14/h2-3,6-10,12-13,16,18,23H,4-5,11H2,1H3,(H2,21,22,24). The Balaban J connectivity index is 1.54. The Morgan fingerprint density at radius 1 is 1.28 bits per heavy atom. The first-order valence-electron chi connectivity index (χ1n) is 8.57. The van der Waals surface area contributed by atoms with Crippen molar-refractivity contribution in [3.05, 3.63) is 59.8 Å². The second-order valence-electron chi connectivity index (χ2n) is 6.65. The molecule has 25 heavy (non-hydrogen) atoms. The topological polar surface area (TPSA) is 74.5 Å². The van der Waals surface area contributed by atoms with Crippen LogP contribution in [0.1, 0.15) is 49.7 Å². The van der Waals surface area contributed by atoms with Crippen LogP contribution >= 0.6 is 0 Å². The minimum Gasteiger partial charge on any atom is -0.467 e. The summed E-state index contributed by atoms with van der Waals surface area (Å²) in [5, 5.41) is 15.9. The number of furan rings is 1. The van der Waals surface area contributed by atoms with Gasteiger partial charge in [-0.05, 0) is 55.5 Å². The Morgan fingerprint density at radius 3 is 2.60 bits per heavy atom. The molecule has 0 bridgehead atoms. The smallest absolute Gasteiger partial charge is 0.315 e.